The summed E-state index contributed by atoms with van der Waals surface area (Å²) >= 11 is 3.40. The van der Waals surface area contributed by atoms with Crippen molar-refractivity contribution in [2.45, 2.75) is 32.3 Å². The Kier molecular flexibility index (Phi) is 2.79. The smallest absolute Gasteiger partial charge is 0.135 e. The van der Waals surface area contributed by atoms with Crippen molar-refractivity contribution >= 4 is 15.9 Å². The van der Waals surface area contributed by atoms with Gasteiger partial charge in [0, 0.05) is 5.56 Å². The summed E-state index contributed by atoms with van der Waals surface area (Å²) < 4.78 is 0.777. The van der Waals surface area contributed by atoms with Gasteiger partial charge in [0.25, 0.3) is 0 Å². The van der Waals surface area contributed by atoms with Crippen LogP contribution >= 0.6 is 15.9 Å². The van der Waals surface area contributed by atoms with Gasteiger partial charge in [-0.1, -0.05) is 0 Å². The third kappa shape index (κ3) is 1.55. The molecule has 1 aliphatic rings. The van der Waals surface area contributed by atoms with Crippen molar-refractivity contribution in [2.24, 2.45) is 0 Å². The molecule has 0 saturated carbocycles. The highest BCUT2D eigenvalue weighted by Crippen LogP contribution is 2.37. The van der Waals surface area contributed by atoms with E-state index in [2.05, 4.69) is 15.9 Å². The van der Waals surface area contributed by atoms with Crippen LogP contribution in [0.15, 0.2) is 10.5 Å². The number of hydrogen-bond acceptors (Lipinski definition) is 2. The summed E-state index contributed by atoms with van der Waals surface area (Å²) in [5, 5.41) is 18.8. The SMILES string of the molecule is OCc1cc2c(c(Br)c1O)CCCC2. The van der Waals surface area contributed by atoms with Crippen molar-refractivity contribution in [3.8, 4) is 5.75 Å². The maximum Gasteiger partial charge on any atom is 0.135 e. The number of aliphatic hydroxyl groups excluding tert-OH is 1. The number of halogens is 1. The number of aromatic hydroxyl groups is 1. The average molecular weight is 257 g/mol. The van der Waals surface area contributed by atoms with Crippen LogP contribution in [-0.2, 0) is 19.4 Å². The topological polar surface area (TPSA) is 40.5 Å². The number of phenols is 1. The van der Waals surface area contributed by atoms with Gasteiger partial charge in [-0.3, -0.25) is 0 Å². The van der Waals surface area contributed by atoms with Crippen molar-refractivity contribution in [1.29, 1.82) is 0 Å². The molecular weight excluding hydrogens is 244 g/mol. The van der Waals surface area contributed by atoms with Gasteiger partial charge in [0.1, 0.15) is 5.75 Å². The van der Waals surface area contributed by atoms with E-state index < -0.39 is 0 Å². The third-order valence-corrected chi connectivity index (χ3v) is 3.66. The van der Waals surface area contributed by atoms with Gasteiger partial charge in [-0.2, -0.15) is 0 Å². The summed E-state index contributed by atoms with van der Waals surface area (Å²) in [4.78, 5) is 0. The van der Waals surface area contributed by atoms with E-state index in [1.165, 1.54) is 24.0 Å². The Morgan fingerprint density at radius 3 is 2.71 bits per heavy atom. The standard InChI is InChI=1S/C11H13BrO2/c12-10-9-4-2-1-3-7(9)5-8(6-13)11(10)14/h5,13-14H,1-4,6H2. The molecule has 0 bridgehead atoms. The first-order valence-corrected chi connectivity index (χ1v) is 5.66. The van der Waals surface area contributed by atoms with Gasteiger partial charge in [0.15, 0.2) is 0 Å². The molecule has 0 radical (unpaired) electrons. The number of rotatable bonds is 1. The van der Waals surface area contributed by atoms with Gasteiger partial charge in [-0.05, 0) is 58.8 Å². The number of aliphatic hydroxyl groups is 1. The van der Waals surface area contributed by atoms with E-state index >= 15 is 0 Å². The lowest BCUT2D eigenvalue weighted by Gasteiger charge is -2.19. The molecule has 0 atom stereocenters. The summed E-state index contributed by atoms with van der Waals surface area (Å²) in [6.07, 6.45) is 4.47. The lowest BCUT2D eigenvalue weighted by atomic mass is 9.90. The number of fused-ring (bicyclic) bond motifs is 1. The molecule has 0 amide bonds. The molecule has 76 valence electrons. The molecular formula is C11H13BrO2. The minimum atomic E-state index is -0.0995. The Bertz CT molecular complexity index is 361. The van der Waals surface area contributed by atoms with Gasteiger partial charge in [0.05, 0.1) is 11.1 Å². The molecule has 2 rings (SSSR count). The summed E-state index contributed by atoms with van der Waals surface area (Å²) in [6.45, 7) is -0.0995. The van der Waals surface area contributed by atoms with E-state index in [4.69, 9.17) is 5.11 Å². The molecule has 1 aromatic rings. The highest BCUT2D eigenvalue weighted by Gasteiger charge is 2.17. The van der Waals surface area contributed by atoms with Crippen molar-refractivity contribution in [1.82, 2.24) is 0 Å². The van der Waals surface area contributed by atoms with Crippen LogP contribution < -0.4 is 0 Å². The van der Waals surface area contributed by atoms with Crippen molar-refractivity contribution in [2.75, 3.05) is 0 Å². The molecule has 0 heterocycles. The quantitative estimate of drug-likeness (QED) is 0.811. The van der Waals surface area contributed by atoms with Crippen molar-refractivity contribution in [3.63, 3.8) is 0 Å². The predicted molar refractivity (Wildman–Crippen MR) is 58.4 cm³/mol. The first-order chi connectivity index (χ1) is 6.74. The highest BCUT2D eigenvalue weighted by molar-refractivity contribution is 9.10. The predicted octanol–water partition coefficient (Wildman–Crippen LogP) is 2.53. The first kappa shape index (κ1) is 9.99. The molecule has 2 nitrogen and oxygen atoms in total. The second-order valence-corrected chi connectivity index (χ2v) is 4.49. The zero-order valence-corrected chi connectivity index (χ0v) is 9.47. The van der Waals surface area contributed by atoms with Crippen LogP contribution in [0.4, 0.5) is 0 Å². The second-order valence-electron chi connectivity index (χ2n) is 3.70. The molecule has 1 aromatic carbocycles. The fraction of sp³-hybridized carbons (Fsp3) is 0.455. The van der Waals surface area contributed by atoms with Crippen LogP contribution in [0, 0.1) is 0 Å². The zero-order valence-electron chi connectivity index (χ0n) is 7.89. The van der Waals surface area contributed by atoms with E-state index in [1.54, 1.807) is 0 Å². The Morgan fingerprint density at radius 2 is 2.00 bits per heavy atom. The Balaban J connectivity index is 2.57. The molecule has 0 aromatic heterocycles. The maximum absolute atomic E-state index is 9.75. The summed E-state index contributed by atoms with van der Waals surface area (Å²) in [6, 6.07) is 1.93. The summed E-state index contributed by atoms with van der Waals surface area (Å²) in [7, 11) is 0. The van der Waals surface area contributed by atoms with E-state index in [-0.39, 0.29) is 12.4 Å². The molecule has 2 N–H and O–H groups in total. The normalized spacial score (nSPS) is 15.3. The van der Waals surface area contributed by atoms with Crippen LogP contribution in [0.2, 0.25) is 0 Å². The highest BCUT2D eigenvalue weighted by atomic mass is 79.9. The largest absolute Gasteiger partial charge is 0.506 e. The fourth-order valence-corrected chi connectivity index (χ4v) is 2.73. The Hall–Kier alpha value is -0.540. The fourth-order valence-electron chi connectivity index (χ4n) is 2.02. The Morgan fingerprint density at radius 1 is 1.29 bits per heavy atom. The first-order valence-electron chi connectivity index (χ1n) is 4.87. The van der Waals surface area contributed by atoms with Gasteiger partial charge in [0.2, 0.25) is 0 Å². The Labute approximate surface area is 91.7 Å². The van der Waals surface area contributed by atoms with E-state index in [9.17, 15) is 5.11 Å². The molecule has 0 aliphatic heterocycles. The van der Waals surface area contributed by atoms with Gasteiger partial charge < -0.3 is 10.2 Å². The molecule has 0 spiro atoms. The van der Waals surface area contributed by atoms with E-state index in [0.717, 1.165) is 17.3 Å². The van der Waals surface area contributed by atoms with Gasteiger partial charge in [-0.15, -0.1) is 0 Å². The van der Waals surface area contributed by atoms with Crippen molar-refractivity contribution < 1.29 is 10.2 Å². The molecule has 0 unspecified atom stereocenters. The monoisotopic (exact) mass is 256 g/mol. The molecule has 1 aliphatic carbocycles. The summed E-state index contributed by atoms with van der Waals surface area (Å²) in [5.41, 5.74) is 3.11. The molecule has 3 heteroatoms. The van der Waals surface area contributed by atoms with Crippen LogP contribution in [0.3, 0.4) is 0 Å². The lowest BCUT2D eigenvalue weighted by molar-refractivity contribution is 0.275. The van der Waals surface area contributed by atoms with E-state index in [0.29, 0.717) is 5.56 Å². The van der Waals surface area contributed by atoms with Gasteiger partial charge >= 0.3 is 0 Å². The number of aryl methyl sites for hydroxylation is 1. The van der Waals surface area contributed by atoms with Crippen LogP contribution in [0.1, 0.15) is 29.5 Å². The lowest BCUT2D eigenvalue weighted by Crippen LogP contribution is -2.05. The summed E-state index contributed by atoms with van der Waals surface area (Å²) in [5.74, 6) is 0.202. The average Bonchev–Trinajstić information content (AvgIpc) is 2.23. The molecule has 0 fully saturated rings. The van der Waals surface area contributed by atoms with Crippen LogP contribution in [-0.4, -0.2) is 10.2 Å². The zero-order chi connectivity index (χ0) is 10.1. The number of hydrogen-bond donors (Lipinski definition) is 2. The molecule has 0 saturated heterocycles. The third-order valence-electron chi connectivity index (χ3n) is 2.81. The minimum Gasteiger partial charge on any atom is -0.506 e. The second kappa shape index (κ2) is 3.91. The maximum atomic E-state index is 9.75. The van der Waals surface area contributed by atoms with Gasteiger partial charge in [-0.25, -0.2) is 0 Å². The van der Waals surface area contributed by atoms with Crippen molar-refractivity contribution in [3.05, 3.63) is 27.2 Å². The number of benzene rings is 1. The van der Waals surface area contributed by atoms with Crippen LogP contribution in [0.5, 0.6) is 5.75 Å². The minimum absolute atomic E-state index is 0.0995. The van der Waals surface area contributed by atoms with Crippen LogP contribution in [0.25, 0.3) is 0 Å². The molecule has 14 heavy (non-hydrogen) atoms. The van der Waals surface area contributed by atoms with E-state index in [1.807, 2.05) is 6.07 Å².